The van der Waals surface area contributed by atoms with Crippen molar-refractivity contribution < 1.29 is 0 Å². The molecule has 0 radical (unpaired) electrons. The first-order valence-corrected chi connectivity index (χ1v) is 18.3. The van der Waals surface area contributed by atoms with Crippen molar-refractivity contribution in [1.82, 2.24) is 29.4 Å². The fourth-order valence-electron chi connectivity index (χ4n) is 6.07. The Labute approximate surface area is 278 Å². The highest BCUT2D eigenvalue weighted by molar-refractivity contribution is 4.74. The van der Waals surface area contributed by atoms with Crippen LogP contribution in [0.15, 0.2) is 0 Å². The molecule has 0 amide bonds. The molecule has 4 N–H and O–H groups in total. The number of likely N-dealkylation sites (tertiary alicyclic amines) is 3. The highest BCUT2D eigenvalue weighted by atomic mass is 15.2. The summed E-state index contributed by atoms with van der Waals surface area (Å²) in [5.74, 6) is 0.807. The normalized spacial score (nSPS) is 22.0. The summed E-state index contributed by atoms with van der Waals surface area (Å²) in [5, 5.41) is 0. The van der Waals surface area contributed by atoms with Gasteiger partial charge < -0.3 is 40.9 Å². The third kappa shape index (κ3) is 25.8. The maximum absolute atomic E-state index is 5.53. The molecule has 4 aliphatic heterocycles. The molecule has 44 heavy (non-hydrogen) atoms. The number of nitrogens with zero attached hydrogens (tertiary/aromatic N) is 6. The lowest BCUT2D eigenvalue weighted by atomic mass is 9.98. The largest absolute Gasteiger partial charge is 0.330 e. The fourth-order valence-corrected chi connectivity index (χ4v) is 6.07. The van der Waals surface area contributed by atoms with E-state index in [1.54, 1.807) is 0 Å². The van der Waals surface area contributed by atoms with Crippen LogP contribution in [0.25, 0.3) is 0 Å². The van der Waals surface area contributed by atoms with Gasteiger partial charge in [-0.1, -0.05) is 28.2 Å². The molecule has 4 fully saturated rings. The van der Waals surface area contributed by atoms with E-state index in [4.69, 9.17) is 11.5 Å². The van der Waals surface area contributed by atoms with E-state index in [-0.39, 0.29) is 7.43 Å². The first-order chi connectivity index (χ1) is 20.7. The Morgan fingerprint density at radius 2 is 1.18 bits per heavy atom. The molecule has 0 aromatic heterocycles. The molecular weight excluding hydrogens is 544 g/mol. The zero-order chi connectivity index (χ0) is 32.3. The van der Waals surface area contributed by atoms with Gasteiger partial charge >= 0.3 is 0 Å². The van der Waals surface area contributed by atoms with Crippen molar-refractivity contribution >= 4 is 0 Å². The topological polar surface area (TPSA) is 71.5 Å². The number of likely N-dealkylation sites (N-methyl/N-ethyl adjacent to an activating group) is 1. The van der Waals surface area contributed by atoms with E-state index >= 15 is 0 Å². The zero-order valence-corrected chi connectivity index (χ0v) is 30.7. The van der Waals surface area contributed by atoms with E-state index in [0.717, 1.165) is 31.5 Å². The van der Waals surface area contributed by atoms with E-state index in [1.807, 2.05) is 0 Å². The Hall–Kier alpha value is -0.320. The van der Waals surface area contributed by atoms with Gasteiger partial charge in [0.1, 0.15) is 0 Å². The van der Waals surface area contributed by atoms with Gasteiger partial charge in [-0.15, -0.1) is 0 Å². The van der Waals surface area contributed by atoms with Gasteiger partial charge in [0, 0.05) is 32.2 Å². The third-order valence-corrected chi connectivity index (χ3v) is 9.06. The standard InChI is InChI=1S/C8H19N3.C8H17N.C7H16N2.C7H15N.C5H13N.CH4/c1-10-5-7-11(8-6-10)4-2-3-9;1-3-6-9-7-4-5-8(9)2;1-9-4-2-7(6-8)3-5-9;1-2-5-8-6-3-4-7-8;1-4-5-6(2)3;/h2-9H2,1H3;8H,3-7H2,1-2H3;7H,2-6,8H2,1H3;2-7H2,1H3;4-5H2,1-3H3;1H4. The van der Waals surface area contributed by atoms with Crippen LogP contribution in [-0.4, -0.2) is 162 Å². The van der Waals surface area contributed by atoms with Crippen LogP contribution in [0.1, 0.15) is 99.3 Å². The average Bonchev–Trinajstić information content (AvgIpc) is 3.67. The zero-order valence-electron chi connectivity index (χ0n) is 30.7. The molecule has 4 saturated heterocycles. The fraction of sp³-hybridized carbons (Fsp3) is 1.00. The maximum atomic E-state index is 5.53. The first kappa shape index (κ1) is 45.8. The van der Waals surface area contributed by atoms with Crippen molar-refractivity contribution in [3.63, 3.8) is 0 Å². The Bertz CT molecular complexity index is 554. The number of hydrogen-bond donors (Lipinski definition) is 2. The second kappa shape index (κ2) is 31.3. The average molecular weight is 629 g/mol. The van der Waals surface area contributed by atoms with E-state index in [0.29, 0.717) is 0 Å². The van der Waals surface area contributed by atoms with Crippen molar-refractivity contribution in [3.05, 3.63) is 0 Å². The molecule has 0 spiro atoms. The number of nitrogens with two attached hydrogens (primary N) is 2. The molecule has 4 heterocycles. The van der Waals surface area contributed by atoms with Gasteiger partial charge in [0.25, 0.3) is 0 Å². The molecule has 4 aliphatic rings. The predicted octanol–water partition coefficient (Wildman–Crippen LogP) is 4.84. The van der Waals surface area contributed by atoms with Crippen LogP contribution in [0.4, 0.5) is 0 Å². The Morgan fingerprint density at radius 1 is 0.636 bits per heavy atom. The number of rotatable bonds is 10. The minimum absolute atomic E-state index is 0. The molecule has 4 rings (SSSR count). The van der Waals surface area contributed by atoms with Crippen LogP contribution in [0.5, 0.6) is 0 Å². The molecule has 0 aromatic rings. The number of hydrogen-bond acceptors (Lipinski definition) is 8. The van der Waals surface area contributed by atoms with Crippen molar-refractivity contribution in [3.8, 4) is 0 Å². The SMILES string of the molecule is C.CCCN(C)C.CCCN1CCCC1.CCCN1CCCC1C.CN1CCC(CN)CC1.CN1CCN(CCCN)CC1. The van der Waals surface area contributed by atoms with Gasteiger partial charge in [-0.2, -0.15) is 0 Å². The van der Waals surface area contributed by atoms with E-state index in [2.05, 4.69) is 85.3 Å². The molecule has 8 nitrogen and oxygen atoms in total. The van der Waals surface area contributed by atoms with E-state index in [9.17, 15) is 0 Å². The molecule has 268 valence electrons. The summed E-state index contributed by atoms with van der Waals surface area (Å²) < 4.78 is 0. The summed E-state index contributed by atoms with van der Waals surface area (Å²) in [7, 11) is 8.53. The lowest BCUT2D eigenvalue weighted by Crippen LogP contribution is -2.44. The molecular formula is C36H84N8. The second-order valence-corrected chi connectivity index (χ2v) is 13.6. The van der Waals surface area contributed by atoms with Crippen LogP contribution in [0.2, 0.25) is 0 Å². The van der Waals surface area contributed by atoms with Crippen LogP contribution >= 0.6 is 0 Å². The molecule has 0 aromatic carbocycles. The second-order valence-electron chi connectivity index (χ2n) is 13.6. The van der Waals surface area contributed by atoms with Crippen LogP contribution in [0, 0.1) is 5.92 Å². The number of piperidine rings is 1. The molecule has 1 atom stereocenters. The smallest absolute Gasteiger partial charge is 0.0110 e. The summed E-state index contributed by atoms with van der Waals surface area (Å²) in [6.07, 6.45) is 13.3. The van der Waals surface area contributed by atoms with E-state index < -0.39 is 0 Å². The quantitative estimate of drug-likeness (QED) is 0.357. The van der Waals surface area contributed by atoms with Gasteiger partial charge in [0.05, 0.1) is 0 Å². The third-order valence-electron chi connectivity index (χ3n) is 9.06. The Balaban J connectivity index is 0. The lowest BCUT2D eigenvalue weighted by Gasteiger charge is -2.32. The summed E-state index contributed by atoms with van der Waals surface area (Å²) in [4.78, 5) is 14.5. The lowest BCUT2D eigenvalue weighted by molar-refractivity contribution is 0.153. The minimum Gasteiger partial charge on any atom is -0.330 e. The molecule has 8 heteroatoms. The summed E-state index contributed by atoms with van der Waals surface area (Å²) in [6, 6.07) is 0.866. The highest BCUT2D eigenvalue weighted by Crippen LogP contribution is 2.16. The van der Waals surface area contributed by atoms with Crippen molar-refractivity contribution in [2.75, 3.05) is 126 Å². The van der Waals surface area contributed by atoms with Gasteiger partial charge in [0.2, 0.25) is 0 Å². The monoisotopic (exact) mass is 629 g/mol. The van der Waals surface area contributed by atoms with Crippen LogP contribution < -0.4 is 11.5 Å². The van der Waals surface area contributed by atoms with Crippen molar-refractivity contribution in [2.24, 2.45) is 17.4 Å². The van der Waals surface area contributed by atoms with Gasteiger partial charge in [-0.3, -0.25) is 0 Å². The predicted molar refractivity (Wildman–Crippen MR) is 199 cm³/mol. The Kier molecular flexibility index (Phi) is 32.6. The molecule has 0 saturated carbocycles. The summed E-state index contributed by atoms with van der Waals surface area (Å²) in [6.45, 7) is 27.1. The molecule has 0 bridgehead atoms. The number of piperazine rings is 1. The maximum Gasteiger partial charge on any atom is 0.0110 e. The van der Waals surface area contributed by atoms with Gasteiger partial charge in [-0.05, 0) is 177 Å². The van der Waals surface area contributed by atoms with Crippen molar-refractivity contribution in [2.45, 2.75) is 105 Å². The van der Waals surface area contributed by atoms with Crippen molar-refractivity contribution in [1.29, 1.82) is 0 Å². The Morgan fingerprint density at radius 3 is 1.59 bits per heavy atom. The molecule has 1 unspecified atom stereocenters. The summed E-state index contributed by atoms with van der Waals surface area (Å²) in [5.41, 5.74) is 11.0. The van der Waals surface area contributed by atoms with Crippen LogP contribution in [-0.2, 0) is 0 Å². The molecule has 0 aliphatic carbocycles. The minimum atomic E-state index is 0. The van der Waals surface area contributed by atoms with Gasteiger partial charge in [0.15, 0.2) is 0 Å². The first-order valence-electron chi connectivity index (χ1n) is 18.3. The highest BCUT2D eigenvalue weighted by Gasteiger charge is 2.18. The summed E-state index contributed by atoms with van der Waals surface area (Å²) >= 11 is 0. The van der Waals surface area contributed by atoms with Crippen LogP contribution in [0.3, 0.4) is 0 Å². The van der Waals surface area contributed by atoms with E-state index in [1.165, 1.54) is 143 Å². The van der Waals surface area contributed by atoms with Gasteiger partial charge in [-0.25, -0.2) is 0 Å².